The van der Waals surface area contributed by atoms with Crippen molar-refractivity contribution in [2.24, 2.45) is 11.8 Å². The van der Waals surface area contributed by atoms with E-state index in [4.69, 9.17) is 29.6 Å². The van der Waals surface area contributed by atoms with Gasteiger partial charge in [-0.3, -0.25) is 14.2 Å². The molecule has 9 rings (SSSR count). The number of imidazole rings is 2. The molecule has 0 radical (unpaired) electrons. The maximum atomic E-state index is 13.8. The number of hydrogen-bond donors (Lipinski definition) is 4. The smallest absolute Gasteiger partial charge is 0.407 e. The number of H-pyrrole nitrogens is 2. The number of aromatic amines is 2. The molecular formula is C55H67N11O6. The van der Waals surface area contributed by atoms with E-state index < -0.39 is 24.3 Å². The van der Waals surface area contributed by atoms with Crippen LogP contribution in [-0.4, -0.2) is 107 Å². The van der Waals surface area contributed by atoms with E-state index in [0.29, 0.717) is 42.3 Å². The van der Waals surface area contributed by atoms with E-state index in [1.54, 1.807) is 13.1 Å². The first-order valence-electron chi connectivity index (χ1n) is 25.7. The fraction of sp³-hybridized carbons (Fsp3) is 0.455. The van der Waals surface area contributed by atoms with Crippen LogP contribution in [0.25, 0.3) is 51.0 Å². The van der Waals surface area contributed by atoms with Gasteiger partial charge in [-0.15, -0.1) is 10.2 Å². The molecule has 2 aliphatic heterocycles. The Morgan fingerprint density at radius 1 is 0.611 bits per heavy atom. The molecule has 378 valence electrons. The summed E-state index contributed by atoms with van der Waals surface area (Å²) in [7, 11) is 1.29. The largest absolute Gasteiger partial charge is 0.453 e. The Hall–Kier alpha value is -7.30. The fourth-order valence-electron chi connectivity index (χ4n) is 10.6. The van der Waals surface area contributed by atoms with E-state index in [1.807, 2.05) is 92.2 Å². The second kappa shape index (κ2) is 22.0. The molecule has 0 spiro atoms. The lowest BCUT2D eigenvalue weighted by Gasteiger charge is -2.30. The zero-order valence-corrected chi connectivity index (χ0v) is 42.2. The monoisotopic (exact) mass is 978 g/mol. The highest BCUT2D eigenvalue weighted by molar-refractivity contribution is 5.87. The zero-order chi connectivity index (χ0) is 50.5. The average Bonchev–Trinajstić information content (AvgIpc) is 4.27. The number of rotatable bonds is 15. The van der Waals surface area contributed by atoms with Crippen molar-refractivity contribution in [2.75, 3.05) is 26.8 Å². The number of hydrogen-bond acceptors (Lipinski definition) is 10. The van der Waals surface area contributed by atoms with Crippen LogP contribution in [0.15, 0.2) is 85.2 Å². The maximum absolute atomic E-state index is 13.8. The van der Waals surface area contributed by atoms with E-state index >= 15 is 0 Å². The molecule has 2 saturated heterocycles. The lowest BCUT2D eigenvalue weighted by Crippen LogP contribution is -2.51. The Bertz CT molecular complexity index is 2830. The first kappa shape index (κ1) is 49.7. The van der Waals surface area contributed by atoms with Crippen molar-refractivity contribution in [3.63, 3.8) is 0 Å². The molecule has 5 heterocycles. The molecule has 4 amide bonds. The number of amides is 4. The van der Waals surface area contributed by atoms with Gasteiger partial charge in [0.1, 0.15) is 23.7 Å². The molecule has 3 aromatic heterocycles. The highest BCUT2D eigenvalue weighted by Gasteiger charge is 2.39. The third-order valence-electron chi connectivity index (χ3n) is 14.6. The van der Waals surface area contributed by atoms with Gasteiger partial charge in [0.2, 0.25) is 11.8 Å². The summed E-state index contributed by atoms with van der Waals surface area (Å²) >= 11 is 0. The minimum absolute atomic E-state index is 0.126. The lowest BCUT2D eigenvalue weighted by atomic mass is 9.84. The number of ether oxygens (including phenoxy) is 2. The highest BCUT2D eigenvalue weighted by atomic mass is 16.5. The summed E-state index contributed by atoms with van der Waals surface area (Å²) in [5.74, 6) is 2.82. The molecule has 17 nitrogen and oxygen atoms in total. The predicted molar refractivity (Wildman–Crippen MR) is 274 cm³/mol. The van der Waals surface area contributed by atoms with Crippen LogP contribution in [0.2, 0.25) is 0 Å². The van der Waals surface area contributed by atoms with Crippen molar-refractivity contribution in [3.05, 3.63) is 102 Å². The third-order valence-corrected chi connectivity index (χ3v) is 14.6. The van der Waals surface area contributed by atoms with Crippen LogP contribution in [0.5, 0.6) is 0 Å². The van der Waals surface area contributed by atoms with Crippen LogP contribution in [0.3, 0.4) is 0 Å². The van der Waals surface area contributed by atoms with Gasteiger partial charge in [0.25, 0.3) is 0 Å². The Balaban J connectivity index is 0.962. The number of carbonyl (C=O) groups excluding carboxylic acids is 4. The van der Waals surface area contributed by atoms with Crippen molar-refractivity contribution in [1.82, 2.24) is 55.1 Å². The number of likely N-dealkylation sites (tertiary alicyclic amines) is 2. The van der Waals surface area contributed by atoms with Crippen molar-refractivity contribution in [2.45, 2.75) is 122 Å². The van der Waals surface area contributed by atoms with Crippen molar-refractivity contribution >= 4 is 24.0 Å². The van der Waals surface area contributed by atoms with E-state index in [0.717, 1.165) is 65.0 Å². The summed E-state index contributed by atoms with van der Waals surface area (Å²) in [5.41, 5.74) is 7.60. The summed E-state index contributed by atoms with van der Waals surface area (Å²) < 4.78 is 12.0. The van der Waals surface area contributed by atoms with Gasteiger partial charge in [0, 0.05) is 29.9 Å². The quantitative estimate of drug-likeness (QED) is 0.0766. The molecule has 4 N–H and O–H groups in total. The molecule has 3 aliphatic rings. The van der Waals surface area contributed by atoms with E-state index in [2.05, 4.69) is 49.4 Å². The topological polar surface area (TPSA) is 205 Å². The van der Waals surface area contributed by atoms with Crippen LogP contribution in [0.4, 0.5) is 9.59 Å². The molecule has 72 heavy (non-hydrogen) atoms. The van der Waals surface area contributed by atoms with Gasteiger partial charge in [-0.25, -0.2) is 19.6 Å². The summed E-state index contributed by atoms with van der Waals surface area (Å²) in [6.07, 6.45) is 11.8. The average molecular weight is 978 g/mol. The molecular weight excluding hydrogens is 911 g/mol. The van der Waals surface area contributed by atoms with Crippen LogP contribution in [0.1, 0.15) is 128 Å². The number of nitrogens with one attached hydrogen (secondary N) is 4. The summed E-state index contributed by atoms with van der Waals surface area (Å²) in [5, 5.41) is 15.1. The number of benzene rings is 3. The SMILES string of the molecule is CCOC(=O)N[C@H](C(=O)N1CCC[C@H]1c1ncc(-c2ccc(-c3nnc(-c4ccc(-c5cnc([C@@H]6CCCN6C(=O)[C@@H](NC(=O)OC)C(C)C)[nH]5)cc4)n3-c3ccc(C4CCCCC4)cc3)cc2)[nH]1)C(C)C. The van der Waals surface area contributed by atoms with Gasteiger partial charge in [0.15, 0.2) is 11.6 Å². The molecule has 4 atom stereocenters. The van der Waals surface area contributed by atoms with Gasteiger partial charge >= 0.3 is 12.2 Å². The number of nitrogens with zero attached hydrogens (tertiary/aromatic N) is 7. The second-order valence-corrected chi connectivity index (χ2v) is 20.0. The highest BCUT2D eigenvalue weighted by Crippen LogP contribution is 2.38. The Labute approximate surface area is 420 Å². The standard InChI is InChI=1S/C55H67N11O6/c1-7-72-55(70)61-47(34(4)5)53(68)65-30-12-16-45(65)49-57-32-43(59-49)38-19-23-40(24-20-38)51-63-62-50(66(51)41-27-25-36(26-28-41)35-13-9-8-10-14-35)39-21-17-37(18-22-39)42-31-56-48(58-42)44-15-11-29-64(44)52(67)46(33(2)3)60-54(69)71-6/h17-28,31-35,44-47H,7-16,29-30H2,1-6H3,(H,56,58)(H,57,59)(H,60,69)(H,61,70)/t44-,45-,46-,47-/m0/s1. The Morgan fingerprint density at radius 3 is 1.51 bits per heavy atom. The predicted octanol–water partition coefficient (Wildman–Crippen LogP) is 9.91. The number of carbonyl (C=O) groups is 4. The van der Waals surface area contributed by atoms with Gasteiger partial charge < -0.3 is 39.9 Å². The van der Waals surface area contributed by atoms with Crippen LogP contribution in [-0.2, 0) is 19.1 Å². The lowest BCUT2D eigenvalue weighted by molar-refractivity contribution is -0.136. The fourth-order valence-corrected chi connectivity index (χ4v) is 10.6. The van der Waals surface area contributed by atoms with Gasteiger partial charge in [0.05, 0.1) is 49.6 Å². The van der Waals surface area contributed by atoms with Crippen molar-refractivity contribution < 1.29 is 28.7 Å². The first-order chi connectivity index (χ1) is 34.9. The minimum atomic E-state index is -0.712. The molecule has 1 saturated carbocycles. The summed E-state index contributed by atoms with van der Waals surface area (Å²) in [4.78, 5) is 72.2. The molecule has 0 unspecified atom stereocenters. The van der Waals surface area contributed by atoms with Crippen molar-refractivity contribution in [1.29, 1.82) is 0 Å². The number of methoxy groups -OCH3 is 1. The number of aromatic nitrogens is 7. The summed E-state index contributed by atoms with van der Waals surface area (Å²) in [6.45, 7) is 10.8. The molecule has 1 aliphatic carbocycles. The zero-order valence-electron chi connectivity index (χ0n) is 42.2. The third kappa shape index (κ3) is 10.5. The normalized spacial score (nSPS) is 18.1. The van der Waals surface area contributed by atoms with E-state index in [1.165, 1.54) is 44.8 Å². The van der Waals surface area contributed by atoms with E-state index in [-0.39, 0.29) is 42.3 Å². The minimum Gasteiger partial charge on any atom is -0.453 e. The van der Waals surface area contributed by atoms with Gasteiger partial charge in [-0.1, -0.05) is 108 Å². The van der Waals surface area contributed by atoms with Crippen LogP contribution >= 0.6 is 0 Å². The van der Waals surface area contributed by atoms with Gasteiger partial charge in [-0.05, 0) is 92.0 Å². The second-order valence-electron chi connectivity index (χ2n) is 20.0. The first-order valence-corrected chi connectivity index (χ1v) is 25.7. The molecule has 6 aromatic rings. The Morgan fingerprint density at radius 2 is 1.07 bits per heavy atom. The van der Waals surface area contributed by atoms with E-state index in [9.17, 15) is 19.2 Å². The molecule has 17 heteroatoms. The molecule has 0 bridgehead atoms. The number of alkyl carbamates (subject to hydrolysis) is 2. The molecule has 3 aromatic carbocycles. The van der Waals surface area contributed by atoms with Gasteiger partial charge in [-0.2, -0.15) is 0 Å². The maximum Gasteiger partial charge on any atom is 0.407 e. The Kier molecular flexibility index (Phi) is 15.2. The van der Waals surface area contributed by atoms with Crippen LogP contribution in [0, 0.1) is 11.8 Å². The summed E-state index contributed by atoms with van der Waals surface area (Å²) in [6, 6.07) is 23.3. The molecule has 3 fully saturated rings. The van der Waals surface area contributed by atoms with Crippen LogP contribution < -0.4 is 10.6 Å². The van der Waals surface area contributed by atoms with Crippen molar-refractivity contribution in [3.8, 4) is 51.0 Å².